The maximum atomic E-state index is 12.2. The van der Waals surface area contributed by atoms with Crippen molar-refractivity contribution in [2.75, 3.05) is 13.1 Å². The summed E-state index contributed by atoms with van der Waals surface area (Å²) in [5.41, 5.74) is 0.607. The molecular formula is C11H17ClN4O. The molecule has 0 aliphatic carbocycles. The van der Waals surface area contributed by atoms with E-state index in [1.165, 1.54) is 6.20 Å². The molecule has 0 saturated carbocycles. The van der Waals surface area contributed by atoms with Crippen molar-refractivity contribution < 1.29 is 4.79 Å². The van der Waals surface area contributed by atoms with Gasteiger partial charge in [-0.2, -0.15) is 10.2 Å². The zero-order chi connectivity index (χ0) is 11.5. The van der Waals surface area contributed by atoms with Gasteiger partial charge in [-0.15, -0.1) is 12.4 Å². The second-order valence-corrected chi connectivity index (χ2v) is 4.25. The summed E-state index contributed by atoms with van der Waals surface area (Å²) in [6.45, 7) is 5.70. The molecule has 17 heavy (non-hydrogen) atoms. The van der Waals surface area contributed by atoms with Gasteiger partial charge in [-0.1, -0.05) is 0 Å². The van der Waals surface area contributed by atoms with Crippen LogP contribution in [-0.2, 0) is 0 Å². The summed E-state index contributed by atoms with van der Waals surface area (Å²) in [5, 5.41) is 10.8. The van der Waals surface area contributed by atoms with Gasteiger partial charge < -0.3 is 10.2 Å². The lowest BCUT2D eigenvalue weighted by molar-refractivity contribution is 0.0615. The molecule has 0 radical (unpaired) electrons. The standard InChI is InChI=1S/C11H16N4O.ClH/c1-8-7-15(9(2)5-12-8)11(16)10-3-4-13-14-6-10;/h3-4,6,8-9,12H,5,7H2,1-2H3;1H. The van der Waals surface area contributed by atoms with Crippen LogP contribution in [0.3, 0.4) is 0 Å². The number of hydrogen-bond acceptors (Lipinski definition) is 4. The molecule has 2 heterocycles. The Morgan fingerprint density at radius 3 is 2.88 bits per heavy atom. The Labute approximate surface area is 107 Å². The van der Waals surface area contributed by atoms with Crippen LogP contribution >= 0.6 is 12.4 Å². The second-order valence-electron chi connectivity index (χ2n) is 4.25. The molecular weight excluding hydrogens is 240 g/mol. The van der Waals surface area contributed by atoms with E-state index >= 15 is 0 Å². The van der Waals surface area contributed by atoms with Crippen molar-refractivity contribution in [2.45, 2.75) is 25.9 Å². The van der Waals surface area contributed by atoms with Gasteiger partial charge in [0.15, 0.2) is 0 Å². The van der Waals surface area contributed by atoms with Crippen molar-refractivity contribution in [2.24, 2.45) is 0 Å². The molecule has 94 valence electrons. The number of amides is 1. The predicted molar refractivity (Wildman–Crippen MR) is 67.2 cm³/mol. The summed E-state index contributed by atoms with van der Waals surface area (Å²) < 4.78 is 0. The first-order chi connectivity index (χ1) is 7.68. The predicted octanol–water partition coefficient (Wildman–Crippen LogP) is 0.721. The number of piperazine rings is 1. The quantitative estimate of drug-likeness (QED) is 0.805. The molecule has 1 amide bonds. The van der Waals surface area contributed by atoms with Gasteiger partial charge in [-0.25, -0.2) is 0 Å². The van der Waals surface area contributed by atoms with Gasteiger partial charge in [0.05, 0.1) is 18.0 Å². The lowest BCUT2D eigenvalue weighted by Crippen LogP contribution is -2.56. The monoisotopic (exact) mass is 256 g/mol. The molecule has 2 atom stereocenters. The van der Waals surface area contributed by atoms with Gasteiger partial charge in [-0.3, -0.25) is 4.79 Å². The third-order valence-corrected chi connectivity index (χ3v) is 2.86. The summed E-state index contributed by atoms with van der Waals surface area (Å²) >= 11 is 0. The molecule has 1 aromatic rings. The van der Waals surface area contributed by atoms with E-state index in [2.05, 4.69) is 22.4 Å². The first-order valence-electron chi connectivity index (χ1n) is 5.49. The van der Waals surface area contributed by atoms with Crippen LogP contribution in [0.4, 0.5) is 0 Å². The van der Waals surface area contributed by atoms with Crippen LogP contribution in [0, 0.1) is 0 Å². The second kappa shape index (κ2) is 5.93. The lowest BCUT2D eigenvalue weighted by atomic mass is 10.1. The smallest absolute Gasteiger partial charge is 0.255 e. The molecule has 0 bridgehead atoms. The molecule has 1 N–H and O–H groups in total. The molecule has 1 aliphatic rings. The molecule has 5 nitrogen and oxygen atoms in total. The highest BCUT2D eigenvalue weighted by atomic mass is 35.5. The first-order valence-corrected chi connectivity index (χ1v) is 5.49. The Hall–Kier alpha value is -1.20. The summed E-state index contributed by atoms with van der Waals surface area (Å²) in [7, 11) is 0. The Morgan fingerprint density at radius 1 is 1.47 bits per heavy atom. The maximum Gasteiger partial charge on any atom is 0.255 e. The van der Waals surface area contributed by atoms with Crippen molar-refractivity contribution in [1.82, 2.24) is 20.4 Å². The van der Waals surface area contributed by atoms with E-state index in [0.717, 1.165) is 13.1 Å². The van der Waals surface area contributed by atoms with Crippen molar-refractivity contribution in [3.8, 4) is 0 Å². The Bertz CT molecular complexity index is 373. The molecule has 6 heteroatoms. The average molecular weight is 257 g/mol. The number of nitrogens with one attached hydrogen (secondary N) is 1. The molecule has 0 spiro atoms. The minimum Gasteiger partial charge on any atom is -0.333 e. The van der Waals surface area contributed by atoms with E-state index in [1.807, 2.05) is 11.8 Å². The number of halogens is 1. The van der Waals surface area contributed by atoms with Gasteiger partial charge in [-0.05, 0) is 19.9 Å². The number of aromatic nitrogens is 2. The number of hydrogen-bond donors (Lipinski definition) is 1. The number of carbonyl (C=O) groups is 1. The van der Waals surface area contributed by atoms with Crippen molar-refractivity contribution >= 4 is 18.3 Å². The van der Waals surface area contributed by atoms with Crippen LogP contribution in [0.25, 0.3) is 0 Å². The first kappa shape index (κ1) is 13.9. The van der Waals surface area contributed by atoms with E-state index in [-0.39, 0.29) is 24.4 Å². The largest absolute Gasteiger partial charge is 0.333 e. The van der Waals surface area contributed by atoms with Gasteiger partial charge in [0.1, 0.15) is 0 Å². The van der Waals surface area contributed by atoms with Crippen molar-refractivity contribution in [1.29, 1.82) is 0 Å². The van der Waals surface area contributed by atoms with Gasteiger partial charge in [0, 0.05) is 25.2 Å². The minimum absolute atomic E-state index is 0. The van der Waals surface area contributed by atoms with Gasteiger partial charge >= 0.3 is 0 Å². The van der Waals surface area contributed by atoms with Crippen LogP contribution in [0.2, 0.25) is 0 Å². The SMILES string of the molecule is CC1CN(C(=O)c2ccnnc2)C(C)CN1.Cl. The Morgan fingerprint density at radius 2 is 2.24 bits per heavy atom. The third kappa shape index (κ3) is 3.14. The molecule has 2 rings (SSSR count). The molecule has 1 saturated heterocycles. The van der Waals surface area contributed by atoms with Gasteiger partial charge in [0.25, 0.3) is 5.91 Å². The zero-order valence-electron chi connectivity index (χ0n) is 9.96. The van der Waals surface area contributed by atoms with E-state index < -0.39 is 0 Å². The third-order valence-electron chi connectivity index (χ3n) is 2.86. The fourth-order valence-corrected chi connectivity index (χ4v) is 1.89. The van der Waals surface area contributed by atoms with Crippen LogP contribution < -0.4 is 5.32 Å². The molecule has 0 aromatic carbocycles. The van der Waals surface area contributed by atoms with Crippen molar-refractivity contribution in [3.63, 3.8) is 0 Å². The highest BCUT2D eigenvalue weighted by Crippen LogP contribution is 2.11. The van der Waals surface area contributed by atoms with E-state index in [4.69, 9.17) is 0 Å². The fraction of sp³-hybridized carbons (Fsp3) is 0.545. The molecule has 2 unspecified atom stereocenters. The van der Waals surface area contributed by atoms with Crippen LogP contribution in [0.5, 0.6) is 0 Å². The molecule has 1 aromatic heterocycles. The normalized spacial score (nSPS) is 24.0. The Balaban J connectivity index is 0.00000144. The van der Waals surface area contributed by atoms with Crippen LogP contribution in [-0.4, -0.2) is 46.2 Å². The highest BCUT2D eigenvalue weighted by Gasteiger charge is 2.27. The van der Waals surface area contributed by atoms with Crippen molar-refractivity contribution in [3.05, 3.63) is 24.0 Å². The van der Waals surface area contributed by atoms with Gasteiger partial charge in [0.2, 0.25) is 0 Å². The van der Waals surface area contributed by atoms with E-state index in [9.17, 15) is 4.79 Å². The topological polar surface area (TPSA) is 58.1 Å². The molecule has 1 aliphatic heterocycles. The number of carbonyl (C=O) groups excluding carboxylic acids is 1. The number of nitrogens with zero attached hydrogens (tertiary/aromatic N) is 3. The minimum atomic E-state index is 0. The summed E-state index contributed by atoms with van der Waals surface area (Å²) in [4.78, 5) is 14.1. The highest BCUT2D eigenvalue weighted by molar-refractivity contribution is 5.94. The van der Waals surface area contributed by atoms with Crippen LogP contribution in [0.15, 0.2) is 18.5 Å². The van der Waals surface area contributed by atoms with E-state index in [1.54, 1.807) is 12.3 Å². The summed E-state index contributed by atoms with van der Waals surface area (Å²) in [6.07, 6.45) is 3.06. The maximum absolute atomic E-state index is 12.2. The summed E-state index contributed by atoms with van der Waals surface area (Å²) in [5.74, 6) is 0.0377. The van der Waals surface area contributed by atoms with E-state index in [0.29, 0.717) is 11.6 Å². The molecule has 1 fully saturated rings. The lowest BCUT2D eigenvalue weighted by Gasteiger charge is -2.37. The van der Waals surface area contributed by atoms with Crippen LogP contribution in [0.1, 0.15) is 24.2 Å². The average Bonchev–Trinajstić information content (AvgIpc) is 2.32. The zero-order valence-corrected chi connectivity index (χ0v) is 10.8. The number of rotatable bonds is 1. The Kier molecular flexibility index (Phi) is 4.84. The fourth-order valence-electron chi connectivity index (χ4n) is 1.89. The summed E-state index contributed by atoms with van der Waals surface area (Å²) in [6, 6.07) is 2.26.